The van der Waals surface area contributed by atoms with E-state index in [1.165, 1.54) is 48.7 Å². The van der Waals surface area contributed by atoms with Crippen LogP contribution in [-0.4, -0.2) is 0 Å². The number of aryl methyl sites for hydroxylation is 1. The molecule has 0 saturated heterocycles. The van der Waals surface area contributed by atoms with E-state index in [9.17, 15) is 0 Å². The minimum absolute atomic E-state index is 1.08. The van der Waals surface area contributed by atoms with Gasteiger partial charge in [0.05, 0.1) is 0 Å². The Hall–Kier alpha value is -2.86. The van der Waals surface area contributed by atoms with Crippen molar-refractivity contribution in [2.24, 2.45) is 0 Å². The van der Waals surface area contributed by atoms with Gasteiger partial charge >= 0.3 is 0 Å². The fourth-order valence-electron chi connectivity index (χ4n) is 3.71. The molecule has 0 saturated carbocycles. The average Bonchev–Trinajstić information content (AvgIpc) is 2.62. The van der Waals surface area contributed by atoms with Crippen LogP contribution in [0.1, 0.15) is 12.5 Å². The van der Waals surface area contributed by atoms with Gasteiger partial charge in [-0.15, -0.1) is 0 Å². The summed E-state index contributed by atoms with van der Waals surface area (Å²) in [5.74, 6) is 0. The van der Waals surface area contributed by atoms with Crippen molar-refractivity contribution in [3.8, 4) is 0 Å². The second-order valence-electron chi connectivity index (χ2n) is 6.63. The molecular formula is C24H18. The lowest BCUT2D eigenvalue weighted by Crippen LogP contribution is -1.83. The Morgan fingerprint density at radius 2 is 0.875 bits per heavy atom. The van der Waals surface area contributed by atoms with Gasteiger partial charge in [-0.05, 0) is 91.5 Å². The van der Waals surface area contributed by atoms with Crippen molar-refractivity contribution in [1.29, 1.82) is 0 Å². The highest BCUT2D eigenvalue weighted by molar-refractivity contribution is 6.08. The van der Waals surface area contributed by atoms with Gasteiger partial charge in [-0.2, -0.15) is 0 Å². The molecule has 5 rings (SSSR count). The van der Waals surface area contributed by atoms with Gasteiger partial charge in [-0.1, -0.05) is 49.4 Å². The number of hydrogen-bond acceptors (Lipinski definition) is 0. The fourth-order valence-corrected chi connectivity index (χ4v) is 3.71. The molecule has 0 aliphatic heterocycles. The zero-order chi connectivity index (χ0) is 16.1. The summed E-state index contributed by atoms with van der Waals surface area (Å²) in [6.07, 6.45) is 1.08. The Balaban J connectivity index is 1.86. The lowest BCUT2D eigenvalue weighted by molar-refractivity contribution is 1.15. The molecule has 0 heteroatoms. The lowest BCUT2D eigenvalue weighted by atomic mass is 9.97. The Morgan fingerprint density at radius 3 is 1.38 bits per heavy atom. The van der Waals surface area contributed by atoms with E-state index in [2.05, 4.69) is 85.8 Å². The molecule has 0 amide bonds. The maximum atomic E-state index is 2.33. The molecule has 0 bridgehead atoms. The Bertz CT molecular complexity index is 1230. The van der Waals surface area contributed by atoms with Crippen LogP contribution < -0.4 is 0 Å². The second kappa shape index (κ2) is 5.07. The quantitative estimate of drug-likeness (QED) is 0.297. The summed E-state index contributed by atoms with van der Waals surface area (Å²) in [6.45, 7) is 2.21. The van der Waals surface area contributed by atoms with Crippen molar-refractivity contribution in [2.45, 2.75) is 13.3 Å². The standard InChI is InChI=1S/C24H18/c1-2-16-7-8-19-12-23-14-21-10-17-5-3-4-6-18(17)11-22(21)15-24(23)13-20(19)9-16/h3-15H,2H2,1H3. The molecule has 0 heterocycles. The van der Waals surface area contributed by atoms with Crippen molar-refractivity contribution in [1.82, 2.24) is 0 Å². The summed E-state index contributed by atoms with van der Waals surface area (Å²) in [7, 11) is 0. The van der Waals surface area contributed by atoms with Crippen molar-refractivity contribution in [3.05, 3.63) is 84.4 Å². The molecule has 0 N–H and O–H groups in total. The Labute approximate surface area is 141 Å². The van der Waals surface area contributed by atoms with E-state index in [-0.39, 0.29) is 0 Å². The fraction of sp³-hybridized carbons (Fsp3) is 0.0833. The molecule has 5 aromatic carbocycles. The first kappa shape index (κ1) is 13.6. The van der Waals surface area contributed by atoms with Gasteiger partial charge in [-0.3, -0.25) is 0 Å². The molecular weight excluding hydrogens is 288 g/mol. The predicted molar refractivity (Wildman–Crippen MR) is 106 cm³/mol. The summed E-state index contributed by atoms with van der Waals surface area (Å²) in [4.78, 5) is 0. The molecule has 0 aromatic heterocycles. The van der Waals surface area contributed by atoms with Crippen LogP contribution in [0.25, 0.3) is 43.1 Å². The van der Waals surface area contributed by atoms with E-state index in [1.54, 1.807) is 0 Å². The molecule has 0 aliphatic rings. The topological polar surface area (TPSA) is 0 Å². The highest BCUT2D eigenvalue weighted by Gasteiger charge is 2.03. The van der Waals surface area contributed by atoms with Crippen molar-refractivity contribution in [2.75, 3.05) is 0 Å². The number of fused-ring (bicyclic) bond motifs is 4. The maximum absolute atomic E-state index is 2.33. The van der Waals surface area contributed by atoms with Crippen LogP contribution in [0.5, 0.6) is 0 Å². The number of hydrogen-bond donors (Lipinski definition) is 0. The van der Waals surface area contributed by atoms with E-state index < -0.39 is 0 Å². The molecule has 0 radical (unpaired) electrons. The van der Waals surface area contributed by atoms with Crippen molar-refractivity contribution in [3.63, 3.8) is 0 Å². The smallest absolute Gasteiger partial charge is 0.0171 e. The van der Waals surface area contributed by atoms with Gasteiger partial charge in [0, 0.05) is 0 Å². The summed E-state index contributed by atoms with van der Waals surface area (Å²) >= 11 is 0. The average molecular weight is 306 g/mol. The van der Waals surface area contributed by atoms with Crippen LogP contribution in [0.15, 0.2) is 78.9 Å². The molecule has 0 unspecified atom stereocenters. The van der Waals surface area contributed by atoms with Crippen molar-refractivity contribution >= 4 is 43.1 Å². The van der Waals surface area contributed by atoms with Gasteiger partial charge in [0.1, 0.15) is 0 Å². The van der Waals surface area contributed by atoms with Gasteiger partial charge in [0.15, 0.2) is 0 Å². The van der Waals surface area contributed by atoms with Crippen LogP contribution in [-0.2, 0) is 6.42 Å². The SMILES string of the molecule is CCc1ccc2cc3cc4cc5ccccc5cc4cc3cc2c1. The normalized spacial score (nSPS) is 11.7. The van der Waals surface area contributed by atoms with E-state index in [0.717, 1.165) is 6.42 Å². The summed E-state index contributed by atoms with van der Waals surface area (Å²) < 4.78 is 0. The molecule has 0 atom stereocenters. The molecule has 0 nitrogen and oxygen atoms in total. The number of rotatable bonds is 1. The van der Waals surface area contributed by atoms with Crippen molar-refractivity contribution < 1.29 is 0 Å². The molecule has 0 spiro atoms. The molecule has 114 valence electrons. The summed E-state index contributed by atoms with van der Waals surface area (Å²) in [6, 6.07) is 29.3. The Morgan fingerprint density at radius 1 is 0.458 bits per heavy atom. The molecule has 5 aromatic rings. The van der Waals surface area contributed by atoms with Gasteiger partial charge in [-0.25, -0.2) is 0 Å². The number of benzene rings is 5. The summed E-state index contributed by atoms with van der Waals surface area (Å²) in [5.41, 5.74) is 1.40. The lowest BCUT2D eigenvalue weighted by Gasteiger charge is -2.08. The Kier molecular flexibility index (Phi) is 2.87. The zero-order valence-electron chi connectivity index (χ0n) is 13.7. The van der Waals surface area contributed by atoms with Crippen LogP contribution in [0.4, 0.5) is 0 Å². The minimum atomic E-state index is 1.08. The van der Waals surface area contributed by atoms with Gasteiger partial charge in [0.25, 0.3) is 0 Å². The van der Waals surface area contributed by atoms with Gasteiger partial charge < -0.3 is 0 Å². The molecule has 0 fully saturated rings. The third-order valence-electron chi connectivity index (χ3n) is 5.09. The molecule has 0 aliphatic carbocycles. The highest BCUT2D eigenvalue weighted by Crippen LogP contribution is 2.30. The summed E-state index contributed by atoms with van der Waals surface area (Å²) in [5, 5.41) is 10.5. The highest BCUT2D eigenvalue weighted by atomic mass is 14.1. The largest absolute Gasteiger partial charge is 0.0616 e. The van der Waals surface area contributed by atoms with Crippen LogP contribution >= 0.6 is 0 Å². The van der Waals surface area contributed by atoms with E-state index in [0.29, 0.717) is 0 Å². The van der Waals surface area contributed by atoms with Crippen LogP contribution in [0.2, 0.25) is 0 Å². The first-order valence-corrected chi connectivity index (χ1v) is 8.59. The van der Waals surface area contributed by atoms with E-state index in [4.69, 9.17) is 0 Å². The third kappa shape index (κ3) is 2.07. The predicted octanol–water partition coefficient (Wildman–Crippen LogP) is 6.86. The maximum Gasteiger partial charge on any atom is -0.0171 e. The van der Waals surface area contributed by atoms with Gasteiger partial charge in [0.2, 0.25) is 0 Å². The van der Waals surface area contributed by atoms with Crippen LogP contribution in [0, 0.1) is 0 Å². The van der Waals surface area contributed by atoms with E-state index in [1.807, 2.05) is 0 Å². The minimum Gasteiger partial charge on any atom is -0.0616 e. The monoisotopic (exact) mass is 306 g/mol. The first-order chi connectivity index (χ1) is 11.8. The third-order valence-corrected chi connectivity index (χ3v) is 5.09. The second-order valence-corrected chi connectivity index (χ2v) is 6.63. The van der Waals surface area contributed by atoms with E-state index >= 15 is 0 Å². The molecule has 24 heavy (non-hydrogen) atoms. The first-order valence-electron chi connectivity index (χ1n) is 8.59. The van der Waals surface area contributed by atoms with Crippen LogP contribution in [0.3, 0.4) is 0 Å². The zero-order valence-corrected chi connectivity index (χ0v) is 13.7.